The van der Waals surface area contributed by atoms with Gasteiger partial charge in [0, 0.05) is 24.8 Å². The van der Waals surface area contributed by atoms with Crippen molar-refractivity contribution >= 4 is 17.8 Å². The molecule has 2 amide bonds. The molecule has 1 aromatic heterocycles. The van der Waals surface area contributed by atoms with Crippen LogP contribution in [0.4, 0.5) is 0 Å². The number of nitrogens with one attached hydrogen (secondary N) is 2. The molecular formula is C23H30N2O6. The average Bonchev–Trinajstić information content (AvgIpc) is 3.32. The van der Waals surface area contributed by atoms with E-state index in [0.717, 1.165) is 36.0 Å². The summed E-state index contributed by atoms with van der Waals surface area (Å²) in [7, 11) is 1.31. The van der Waals surface area contributed by atoms with E-state index in [1.807, 2.05) is 30.3 Å². The number of ether oxygens (including phenoxy) is 1. The topological polar surface area (TPSA) is 118 Å². The van der Waals surface area contributed by atoms with Gasteiger partial charge < -0.3 is 14.5 Å². The summed E-state index contributed by atoms with van der Waals surface area (Å²) in [4.78, 5) is 35.3. The normalized spacial score (nSPS) is 11.5. The van der Waals surface area contributed by atoms with Crippen molar-refractivity contribution in [3.8, 4) is 11.1 Å². The maximum atomic E-state index is 12.3. The summed E-state index contributed by atoms with van der Waals surface area (Å²) in [6.07, 6.45) is 8.24. The van der Waals surface area contributed by atoms with Crippen molar-refractivity contribution in [1.29, 1.82) is 0 Å². The number of methoxy groups -OCH3 is 1. The molecule has 2 aromatic rings. The highest BCUT2D eigenvalue weighted by molar-refractivity contribution is 5.84. The third kappa shape index (κ3) is 8.64. The molecule has 0 fully saturated rings. The van der Waals surface area contributed by atoms with Crippen molar-refractivity contribution in [1.82, 2.24) is 10.8 Å². The summed E-state index contributed by atoms with van der Waals surface area (Å²) in [5.41, 5.74) is 4.50. The second-order valence-corrected chi connectivity index (χ2v) is 7.36. The van der Waals surface area contributed by atoms with Crippen LogP contribution in [0.2, 0.25) is 0 Å². The lowest BCUT2D eigenvalue weighted by Gasteiger charge is -2.17. The van der Waals surface area contributed by atoms with Gasteiger partial charge in [0.05, 0.1) is 19.6 Å². The Hall–Kier alpha value is -3.13. The van der Waals surface area contributed by atoms with E-state index >= 15 is 0 Å². The molecule has 0 radical (unpaired) electrons. The lowest BCUT2D eigenvalue weighted by molar-refractivity contribution is -0.145. The van der Waals surface area contributed by atoms with E-state index in [2.05, 4.69) is 5.32 Å². The first kappa shape index (κ1) is 24.1. The van der Waals surface area contributed by atoms with Gasteiger partial charge in [-0.1, -0.05) is 43.5 Å². The molecular weight excluding hydrogens is 400 g/mol. The number of rotatable bonds is 13. The molecule has 3 N–H and O–H groups in total. The average molecular weight is 431 g/mol. The Balaban J connectivity index is 1.76. The molecule has 1 heterocycles. The second kappa shape index (κ2) is 13.2. The van der Waals surface area contributed by atoms with Gasteiger partial charge in [0.15, 0.2) is 0 Å². The Labute approximate surface area is 181 Å². The van der Waals surface area contributed by atoms with E-state index in [1.165, 1.54) is 7.11 Å². The van der Waals surface area contributed by atoms with Crippen molar-refractivity contribution in [3.05, 3.63) is 48.4 Å². The molecule has 0 saturated heterocycles. The van der Waals surface area contributed by atoms with E-state index in [0.29, 0.717) is 32.1 Å². The molecule has 0 spiro atoms. The second-order valence-electron chi connectivity index (χ2n) is 7.36. The monoisotopic (exact) mass is 430 g/mol. The molecule has 1 aromatic carbocycles. The van der Waals surface area contributed by atoms with Crippen molar-refractivity contribution in [3.63, 3.8) is 0 Å². The maximum Gasteiger partial charge on any atom is 0.328 e. The Kier molecular flexibility index (Phi) is 10.3. The van der Waals surface area contributed by atoms with Crippen LogP contribution < -0.4 is 10.8 Å². The smallest absolute Gasteiger partial charge is 0.328 e. The fourth-order valence-electron chi connectivity index (χ4n) is 3.26. The summed E-state index contributed by atoms with van der Waals surface area (Å²) in [6, 6.07) is 8.86. The third-order valence-corrected chi connectivity index (χ3v) is 5.00. The number of hydroxylamine groups is 1. The van der Waals surface area contributed by atoms with E-state index in [-0.39, 0.29) is 11.8 Å². The van der Waals surface area contributed by atoms with Crippen LogP contribution in [0.3, 0.4) is 0 Å². The molecule has 1 atom stereocenters. The van der Waals surface area contributed by atoms with Crippen LogP contribution in [-0.4, -0.2) is 36.1 Å². The minimum atomic E-state index is -0.741. The molecule has 0 unspecified atom stereocenters. The van der Waals surface area contributed by atoms with Crippen LogP contribution in [0, 0.1) is 0 Å². The fourth-order valence-corrected chi connectivity index (χ4v) is 3.26. The number of carbonyl (C=O) groups is 3. The van der Waals surface area contributed by atoms with Gasteiger partial charge in [0.2, 0.25) is 11.8 Å². The molecule has 2 rings (SSSR count). The van der Waals surface area contributed by atoms with Crippen molar-refractivity contribution in [2.75, 3.05) is 7.11 Å². The van der Waals surface area contributed by atoms with Crippen LogP contribution >= 0.6 is 0 Å². The van der Waals surface area contributed by atoms with Crippen LogP contribution in [0.5, 0.6) is 0 Å². The lowest BCUT2D eigenvalue weighted by Crippen LogP contribution is -2.43. The standard InChI is InChI=1S/C23H30N2O6/c1-30-23(28)20(15-17-9-11-18(12-10-17)19-13-14-31-16-19)24-21(26)7-5-3-2-4-6-8-22(27)25-29/h9-14,16,20,29H,2-8,15H2,1H3,(H,24,26)(H,25,27)/t20-/m0/s1. The van der Waals surface area contributed by atoms with Crippen molar-refractivity contribution in [2.24, 2.45) is 0 Å². The zero-order valence-electron chi connectivity index (χ0n) is 17.8. The molecule has 168 valence electrons. The van der Waals surface area contributed by atoms with Crippen LogP contribution in [-0.2, 0) is 25.5 Å². The SMILES string of the molecule is COC(=O)[C@H](Cc1ccc(-c2ccoc2)cc1)NC(=O)CCCCCCCC(=O)NO. The minimum absolute atomic E-state index is 0.190. The third-order valence-electron chi connectivity index (χ3n) is 5.00. The van der Waals surface area contributed by atoms with Crippen LogP contribution in [0.25, 0.3) is 11.1 Å². The predicted octanol–water partition coefficient (Wildman–Crippen LogP) is 3.38. The van der Waals surface area contributed by atoms with Gasteiger partial charge in [-0.3, -0.25) is 14.8 Å². The molecule has 31 heavy (non-hydrogen) atoms. The molecule has 8 heteroatoms. The molecule has 8 nitrogen and oxygen atoms in total. The highest BCUT2D eigenvalue weighted by atomic mass is 16.5. The number of hydrogen-bond acceptors (Lipinski definition) is 6. The van der Waals surface area contributed by atoms with Gasteiger partial charge in [-0.2, -0.15) is 0 Å². The van der Waals surface area contributed by atoms with Gasteiger partial charge >= 0.3 is 5.97 Å². The summed E-state index contributed by atoms with van der Waals surface area (Å²) in [5, 5.41) is 11.2. The number of unbranched alkanes of at least 4 members (excludes halogenated alkanes) is 4. The largest absolute Gasteiger partial charge is 0.472 e. The van der Waals surface area contributed by atoms with E-state index in [1.54, 1.807) is 18.0 Å². The first-order valence-electron chi connectivity index (χ1n) is 10.4. The van der Waals surface area contributed by atoms with E-state index < -0.39 is 12.0 Å². The zero-order chi connectivity index (χ0) is 22.5. The number of hydrogen-bond donors (Lipinski definition) is 3. The van der Waals surface area contributed by atoms with Crippen molar-refractivity contribution in [2.45, 2.75) is 57.4 Å². The number of furan rings is 1. The first-order chi connectivity index (χ1) is 15.0. The molecule has 0 aliphatic rings. The highest BCUT2D eigenvalue weighted by Gasteiger charge is 2.21. The summed E-state index contributed by atoms with van der Waals surface area (Å²) >= 11 is 0. The summed E-state index contributed by atoms with van der Waals surface area (Å²) in [6.45, 7) is 0. The van der Waals surface area contributed by atoms with Crippen molar-refractivity contribution < 1.29 is 28.7 Å². The number of benzene rings is 1. The van der Waals surface area contributed by atoms with Gasteiger partial charge in [-0.15, -0.1) is 0 Å². The molecule has 0 bridgehead atoms. The van der Waals surface area contributed by atoms with Crippen LogP contribution in [0.1, 0.15) is 50.5 Å². The van der Waals surface area contributed by atoms with E-state index in [4.69, 9.17) is 14.4 Å². The number of carbonyl (C=O) groups excluding carboxylic acids is 3. The minimum Gasteiger partial charge on any atom is -0.472 e. The lowest BCUT2D eigenvalue weighted by atomic mass is 10.0. The van der Waals surface area contributed by atoms with Gasteiger partial charge in [0.1, 0.15) is 6.04 Å². The Morgan fingerprint density at radius 3 is 2.16 bits per heavy atom. The fraction of sp³-hybridized carbons (Fsp3) is 0.435. The zero-order valence-corrected chi connectivity index (χ0v) is 17.8. The maximum absolute atomic E-state index is 12.3. The highest BCUT2D eigenvalue weighted by Crippen LogP contribution is 2.20. The quantitative estimate of drug-likeness (QED) is 0.194. The van der Waals surface area contributed by atoms with Gasteiger partial charge in [-0.05, 0) is 30.0 Å². The first-order valence-corrected chi connectivity index (χ1v) is 10.4. The summed E-state index contributed by atoms with van der Waals surface area (Å²) < 4.78 is 9.94. The molecule has 0 aliphatic heterocycles. The van der Waals surface area contributed by atoms with E-state index in [9.17, 15) is 14.4 Å². The van der Waals surface area contributed by atoms with Gasteiger partial charge in [-0.25, -0.2) is 10.3 Å². The van der Waals surface area contributed by atoms with Gasteiger partial charge in [0.25, 0.3) is 0 Å². The molecule has 0 saturated carbocycles. The number of esters is 1. The van der Waals surface area contributed by atoms with Crippen LogP contribution in [0.15, 0.2) is 47.3 Å². The Morgan fingerprint density at radius 2 is 1.58 bits per heavy atom. The summed E-state index contributed by atoms with van der Waals surface area (Å²) in [5.74, 6) is -1.05. The number of amides is 2. The molecule has 0 aliphatic carbocycles. The Bertz CT molecular complexity index is 817. The Morgan fingerprint density at radius 1 is 0.935 bits per heavy atom. The predicted molar refractivity (Wildman–Crippen MR) is 114 cm³/mol.